The summed E-state index contributed by atoms with van der Waals surface area (Å²) in [4.78, 5) is 24.3. The summed E-state index contributed by atoms with van der Waals surface area (Å²) in [5, 5.41) is 8.49. The Morgan fingerprint density at radius 3 is 2.17 bits per heavy atom. The van der Waals surface area contributed by atoms with E-state index in [1.165, 1.54) is 18.9 Å². The van der Waals surface area contributed by atoms with E-state index in [4.69, 9.17) is 15.6 Å². The van der Waals surface area contributed by atoms with Crippen LogP contribution in [0.25, 0.3) is 0 Å². The lowest BCUT2D eigenvalue weighted by molar-refractivity contribution is 0.0428. The Labute approximate surface area is 179 Å². The van der Waals surface area contributed by atoms with Crippen molar-refractivity contribution in [3.8, 4) is 0 Å². The lowest BCUT2D eigenvalue weighted by atomic mass is 10.0. The molecule has 3 N–H and O–H groups in total. The fourth-order valence-electron chi connectivity index (χ4n) is 2.76. The number of unbranched alkanes of at least 4 members (excludes halogenated alkanes) is 1. The molecule has 2 aromatic carbocycles. The van der Waals surface area contributed by atoms with Gasteiger partial charge in [-0.2, -0.15) is 0 Å². The molecule has 1 unspecified atom stereocenters. The second-order valence-electron chi connectivity index (χ2n) is 7.35. The van der Waals surface area contributed by atoms with Gasteiger partial charge in [0.05, 0.1) is 17.7 Å². The van der Waals surface area contributed by atoms with Gasteiger partial charge in [0.25, 0.3) is 0 Å². The number of nitrogens with zero attached hydrogens (tertiary/aromatic N) is 1. The first-order valence-corrected chi connectivity index (χ1v) is 10.3. The Balaban J connectivity index is 0.000000375. The number of carbonyl (C=O) groups excluding carboxylic acids is 1. The largest absolute Gasteiger partial charge is 0.478 e. The Morgan fingerprint density at radius 1 is 1.07 bits per heavy atom. The van der Waals surface area contributed by atoms with Crippen molar-refractivity contribution in [2.24, 2.45) is 5.92 Å². The third-order valence-electron chi connectivity index (χ3n) is 4.80. The smallest absolute Gasteiger partial charge is 0.338 e. The number of benzene rings is 2. The lowest BCUT2D eigenvalue weighted by Crippen LogP contribution is -2.14. The summed E-state index contributed by atoms with van der Waals surface area (Å²) in [6.07, 6.45) is 4.59. The molecule has 30 heavy (non-hydrogen) atoms. The van der Waals surface area contributed by atoms with Crippen LogP contribution < -0.4 is 10.6 Å². The van der Waals surface area contributed by atoms with Crippen molar-refractivity contribution in [2.75, 3.05) is 31.3 Å². The van der Waals surface area contributed by atoms with Crippen LogP contribution in [0.1, 0.15) is 60.2 Å². The quantitative estimate of drug-likeness (QED) is 0.438. The molecular formula is C24H34N2O4. The van der Waals surface area contributed by atoms with Crippen LogP contribution in [-0.2, 0) is 4.74 Å². The predicted molar refractivity (Wildman–Crippen MR) is 122 cm³/mol. The average molecular weight is 415 g/mol. The molecule has 0 heterocycles. The number of hydrogen-bond acceptors (Lipinski definition) is 5. The molecule has 2 aromatic rings. The van der Waals surface area contributed by atoms with Gasteiger partial charge in [-0.05, 0) is 48.7 Å². The highest BCUT2D eigenvalue weighted by Gasteiger charge is 2.12. The predicted octanol–water partition coefficient (Wildman–Crippen LogP) is 5.09. The average Bonchev–Trinajstić information content (AvgIpc) is 2.74. The van der Waals surface area contributed by atoms with Crippen LogP contribution in [0.5, 0.6) is 0 Å². The fourth-order valence-corrected chi connectivity index (χ4v) is 2.76. The van der Waals surface area contributed by atoms with E-state index in [0.717, 1.165) is 18.5 Å². The van der Waals surface area contributed by atoms with Crippen molar-refractivity contribution in [1.82, 2.24) is 0 Å². The van der Waals surface area contributed by atoms with Gasteiger partial charge < -0.3 is 20.5 Å². The first kappa shape index (κ1) is 25.0. The molecule has 0 aromatic heterocycles. The number of rotatable bonds is 9. The first-order valence-electron chi connectivity index (χ1n) is 10.3. The molecule has 0 fully saturated rings. The second kappa shape index (κ2) is 13.2. The summed E-state index contributed by atoms with van der Waals surface area (Å²) < 4.78 is 5.43. The summed E-state index contributed by atoms with van der Waals surface area (Å²) in [6, 6.07) is 13.9. The Hall–Kier alpha value is -3.02. The van der Waals surface area contributed by atoms with Crippen LogP contribution in [0.3, 0.4) is 0 Å². The van der Waals surface area contributed by atoms with Crippen LogP contribution in [0.15, 0.2) is 48.5 Å². The number of carboxylic acids is 1. The molecule has 6 nitrogen and oxygen atoms in total. The van der Waals surface area contributed by atoms with Crippen LogP contribution in [0.4, 0.5) is 11.4 Å². The highest BCUT2D eigenvalue weighted by Crippen LogP contribution is 2.16. The number of nitrogens with two attached hydrogens (primary N) is 1. The maximum atomic E-state index is 12.0. The number of aromatic carboxylic acids is 1. The number of carboxylic acid groups (broad SMARTS) is 1. The summed E-state index contributed by atoms with van der Waals surface area (Å²) in [5.41, 5.74) is 7.50. The monoisotopic (exact) mass is 414 g/mol. The van der Waals surface area contributed by atoms with E-state index in [-0.39, 0.29) is 11.5 Å². The maximum Gasteiger partial charge on any atom is 0.338 e. The number of esters is 1. The van der Waals surface area contributed by atoms with E-state index in [1.807, 2.05) is 43.3 Å². The number of carbonyl (C=O) groups is 2. The zero-order chi connectivity index (χ0) is 22.5. The fraction of sp³-hybridized carbons (Fsp3) is 0.417. The van der Waals surface area contributed by atoms with Crippen LogP contribution in [0.2, 0.25) is 0 Å². The number of para-hydroxylation sites is 1. The van der Waals surface area contributed by atoms with Crippen LogP contribution in [-0.4, -0.2) is 37.7 Å². The van der Waals surface area contributed by atoms with Crippen molar-refractivity contribution in [1.29, 1.82) is 0 Å². The summed E-state index contributed by atoms with van der Waals surface area (Å²) in [7, 11) is 3.96. The van der Waals surface area contributed by atoms with Gasteiger partial charge >= 0.3 is 11.9 Å². The van der Waals surface area contributed by atoms with Gasteiger partial charge in [-0.1, -0.05) is 45.2 Å². The highest BCUT2D eigenvalue weighted by atomic mass is 16.5. The standard InChI is InChI=1S/C17H27NO2.C7H7NO2/c1-5-7-8-14(6-2)13-20-17(19)15-9-11-16(12-10-15)18(3)4;8-6-4-2-1-3-5(6)7(9)10/h9-12,14H,5-8,13H2,1-4H3;1-4H,8H2,(H,9,10). The zero-order valence-electron chi connectivity index (χ0n) is 18.4. The molecule has 0 bridgehead atoms. The van der Waals surface area contributed by atoms with E-state index in [1.54, 1.807) is 18.2 Å². The van der Waals surface area contributed by atoms with E-state index in [9.17, 15) is 9.59 Å². The van der Waals surface area contributed by atoms with Gasteiger partial charge in [0.15, 0.2) is 0 Å². The van der Waals surface area contributed by atoms with E-state index in [2.05, 4.69) is 13.8 Å². The molecule has 0 saturated carbocycles. The minimum absolute atomic E-state index is 0.155. The third kappa shape index (κ3) is 8.55. The minimum Gasteiger partial charge on any atom is -0.478 e. The number of hydrogen-bond donors (Lipinski definition) is 2. The molecule has 0 saturated heterocycles. The number of anilines is 2. The van der Waals surface area contributed by atoms with Crippen LogP contribution >= 0.6 is 0 Å². The normalized spacial score (nSPS) is 11.1. The number of ether oxygens (including phenoxy) is 1. The Kier molecular flexibility index (Phi) is 11.0. The molecule has 0 aliphatic rings. The molecule has 6 heteroatoms. The van der Waals surface area contributed by atoms with E-state index < -0.39 is 5.97 Å². The van der Waals surface area contributed by atoms with Gasteiger partial charge in [0.2, 0.25) is 0 Å². The summed E-state index contributed by atoms with van der Waals surface area (Å²) in [5.74, 6) is -0.719. The number of nitrogen functional groups attached to an aromatic ring is 1. The topological polar surface area (TPSA) is 92.9 Å². The molecule has 0 amide bonds. The molecule has 2 rings (SSSR count). The zero-order valence-corrected chi connectivity index (χ0v) is 18.4. The summed E-state index contributed by atoms with van der Waals surface area (Å²) in [6.45, 7) is 4.87. The van der Waals surface area contributed by atoms with Crippen molar-refractivity contribution < 1.29 is 19.4 Å². The van der Waals surface area contributed by atoms with Gasteiger partial charge in [0.1, 0.15) is 0 Å². The van der Waals surface area contributed by atoms with Crippen LogP contribution in [0, 0.1) is 5.92 Å². The Bertz CT molecular complexity index is 788. The van der Waals surface area contributed by atoms with Crippen molar-refractivity contribution >= 4 is 23.3 Å². The van der Waals surface area contributed by atoms with Gasteiger partial charge in [0, 0.05) is 25.5 Å². The molecular weight excluding hydrogens is 380 g/mol. The summed E-state index contributed by atoms with van der Waals surface area (Å²) >= 11 is 0. The minimum atomic E-state index is -0.988. The molecule has 0 spiro atoms. The van der Waals surface area contributed by atoms with E-state index >= 15 is 0 Å². The van der Waals surface area contributed by atoms with Crippen molar-refractivity contribution in [2.45, 2.75) is 39.5 Å². The first-order chi connectivity index (χ1) is 14.3. The third-order valence-corrected chi connectivity index (χ3v) is 4.80. The highest BCUT2D eigenvalue weighted by molar-refractivity contribution is 5.93. The molecule has 1 atom stereocenters. The molecule has 0 radical (unpaired) electrons. The van der Waals surface area contributed by atoms with Gasteiger partial charge in [-0.3, -0.25) is 0 Å². The Morgan fingerprint density at radius 2 is 1.70 bits per heavy atom. The maximum absolute atomic E-state index is 12.0. The van der Waals surface area contributed by atoms with Gasteiger partial charge in [-0.25, -0.2) is 9.59 Å². The van der Waals surface area contributed by atoms with Crippen molar-refractivity contribution in [3.05, 3.63) is 59.7 Å². The van der Waals surface area contributed by atoms with Crippen molar-refractivity contribution in [3.63, 3.8) is 0 Å². The SMILES string of the molecule is CCCCC(CC)COC(=O)c1ccc(N(C)C)cc1.Nc1ccccc1C(=O)O. The lowest BCUT2D eigenvalue weighted by Gasteiger charge is -2.15. The van der Waals surface area contributed by atoms with Gasteiger partial charge in [-0.15, -0.1) is 0 Å². The molecule has 0 aliphatic carbocycles. The molecule has 0 aliphatic heterocycles. The van der Waals surface area contributed by atoms with E-state index in [0.29, 0.717) is 23.8 Å². The molecule has 164 valence electrons. The second-order valence-corrected chi connectivity index (χ2v) is 7.35.